The highest BCUT2D eigenvalue weighted by Gasteiger charge is 2.34. The molecule has 1 aliphatic rings. The van der Waals surface area contributed by atoms with Gasteiger partial charge in [0.15, 0.2) is 0 Å². The second-order valence-electron chi connectivity index (χ2n) is 5.28. The summed E-state index contributed by atoms with van der Waals surface area (Å²) in [5, 5.41) is 2.68. The minimum Gasteiger partial charge on any atom is -0.469 e. The van der Waals surface area contributed by atoms with Crippen molar-refractivity contribution in [3.05, 3.63) is 29.8 Å². The van der Waals surface area contributed by atoms with Crippen LogP contribution in [-0.4, -0.2) is 54.7 Å². The van der Waals surface area contributed by atoms with Crippen LogP contribution < -0.4 is 5.32 Å². The van der Waals surface area contributed by atoms with Crippen molar-refractivity contribution >= 4 is 29.5 Å². The van der Waals surface area contributed by atoms with E-state index in [1.165, 1.54) is 23.8 Å². The number of thioether (sulfide) groups is 1. The Morgan fingerprint density at radius 3 is 2.70 bits per heavy atom. The van der Waals surface area contributed by atoms with Gasteiger partial charge in [0.25, 0.3) is 0 Å². The Bertz CT molecular complexity index is 588. The van der Waals surface area contributed by atoms with Gasteiger partial charge in [-0.1, -0.05) is 17.7 Å². The summed E-state index contributed by atoms with van der Waals surface area (Å²) in [6.07, 6.45) is -0.122. The molecule has 1 aliphatic heterocycles. The molecular weight excluding hydrogens is 316 g/mol. The van der Waals surface area contributed by atoms with Crippen molar-refractivity contribution in [1.29, 1.82) is 0 Å². The highest BCUT2D eigenvalue weighted by Crippen LogP contribution is 2.20. The lowest BCUT2D eigenvalue weighted by Gasteiger charge is -2.34. The van der Waals surface area contributed by atoms with E-state index in [-0.39, 0.29) is 24.0 Å². The van der Waals surface area contributed by atoms with Gasteiger partial charge in [-0.15, -0.1) is 11.8 Å². The highest BCUT2D eigenvalue weighted by molar-refractivity contribution is 8.00. The van der Waals surface area contributed by atoms with Crippen LogP contribution in [0.1, 0.15) is 12.0 Å². The summed E-state index contributed by atoms with van der Waals surface area (Å²) in [5.41, 5.74) is 1.16. The number of carbonyl (C=O) groups is 3. The van der Waals surface area contributed by atoms with Crippen LogP contribution in [0.3, 0.4) is 0 Å². The Balaban J connectivity index is 1.98. The molecule has 0 saturated carbocycles. The van der Waals surface area contributed by atoms with Gasteiger partial charge in [-0.25, -0.2) is 0 Å². The fraction of sp³-hybridized carbons (Fsp3) is 0.438. The van der Waals surface area contributed by atoms with Crippen LogP contribution in [0.5, 0.6) is 0 Å². The van der Waals surface area contributed by atoms with Gasteiger partial charge in [0.2, 0.25) is 11.8 Å². The third kappa shape index (κ3) is 4.72. The molecule has 0 bridgehead atoms. The minimum absolute atomic E-state index is 0.122. The highest BCUT2D eigenvalue weighted by atomic mass is 32.2. The first kappa shape index (κ1) is 17.3. The summed E-state index contributed by atoms with van der Waals surface area (Å²) in [6.45, 7) is 2.81. The fourth-order valence-electron chi connectivity index (χ4n) is 2.32. The molecule has 1 heterocycles. The number of hydrogen-bond donors (Lipinski definition) is 1. The van der Waals surface area contributed by atoms with Crippen molar-refractivity contribution < 1.29 is 19.1 Å². The van der Waals surface area contributed by atoms with E-state index >= 15 is 0 Å². The molecule has 1 aromatic carbocycles. The third-order valence-corrected chi connectivity index (χ3v) is 4.62. The molecular formula is C16H20N2O4S. The number of methoxy groups -OCH3 is 1. The predicted octanol–water partition coefficient (Wildman–Crippen LogP) is 0.977. The first-order valence-corrected chi connectivity index (χ1v) is 8.33. The van der Waals surface area contributed by atoms with Gasteiger partial charge in [0.05, 0.1) is 19.3 Å². The van der Waals surface area contributed by atoms with Gasteiger partial charge in [0.1, 0.15) is 6.04 Å². The van der Waals surface area contributed by atoms with Gasteiger partial charge < -0.3 is 15.0 Å². The average molecular weight is 336 g/mol. The molecule has 0 unspecified atom stereocenters. The SMILES string of the molecule is COC(=O)C[C@@H]1C(=O)NCCN1C(=O)CSc1ccc(C)cc1. The van der Waals surface area contributed by atoms with Crippen LogP contribution in [0.4, 0.5) is 0 Å². The maximum Gasteiger partial charge on any atom is 0.308 e. The lowest BCUT2D eigenvalue weighted by molar-refractivity contribution is -0.149. The van der Waals surface area contributed by atoms with E-state index in [4.69, 9.17) is 0 Å². The molecule has 124 valence electrons. The Hall–Kier alpha value is -2.02. The normalized spacial score (nSPS) is 17.6. The van der Waals surface area contributed by atoms with E-state index < -0.39 is 12.0 Å². The Labute approximate surface area is 139 Å². The maximum atomic E-state index is 12.4. The molecule has 1 saturated heterocycles. The molecule has 0 aliphatic carbocycles. The van der Waals surface area contributed by atoms with Crippen LogP contribution in [0, 0.1) is 6.92 Å². The van der Waals surface area contributed by atoms with Crippen molar-refractivity contribution in [2.75, 3.05) is 26.0 Å². The van der Waals surface area contributed by atoms with Crippen molar-refractivity contribution in [3.8, 4) is 0 Å². The zero-order chi connectivity index (χ0) is 16.8. The molecule has 1 N–H and O–H groups in total. The Morgan fingerprint density at radius 2 is 2.04 bits per heavy atom. The van der Waals surface area contributed by atoms with Gasteiger partial charge in [-0.2, -0.15) is 0 Å². The van der Waals surface area contributed by atoms with Crippen molar-refractivity contribution in [2.24, 2.45) is 0 Å². The van der Waals surface area contributed by atoms with Gasteiger partial charge in [-0.05, 0) is 19.1 Å². The van der Waals surface area contributed by atoms with Crippen LogP contribution in [0.2, 0.25) is 0 Å². The Morgan fingerprint density at radius 1 is 1.35 bits per heavy atom. The van der Waals surface area contributed by atoms with Crippen LogP contribution >= 0.6 is 11.8 Å². The van der Waals surface area contributed by atoms with Crippen LogP contribution in [0.25, 0.3) is 0 Å². The first-order valence-electron chi connectivity index (χ1n) is 7.34. The zero-order valence-corrected chi connectivity index (χ0v) is 14.0. The molecule has 2 amide bonds. The molecule has 23 heavy (non-hydrogen) atoms. The maximum absolute atomic E-state index is 12.4. The van der Waals surface area contributed by atoms with Gasteiger partial charge in [0, 0.05) is 18.0 Å². The van der Waals surface area contributed by atoms with Crippen LogP contribution in [0.15, 0.2) is 29.2 Å². The van der Waals surface area contributed by atoms with E-state index in [1.807, 2.05) is 31.2 Å². The summed E-state index contributed by atoms with van der Waals surface area (Å²) < 4.78 is 4.61. The first-order chi connectivity index (χ1) is 11.0. The summed E-state index contributed by atoms with van der Waals surface area (Å²) in [5.74, 6) is -0.737. The molecule has 2 rings (SSSR count). The predicted molar refractivity (Wildman–Crippen MR) is 87.0 cm³/mol. The minimum atomic E-state index is -0.790. The van der Waals surface area contributed by atoms with E-state index in [2.05, 4.69) is 10.1 Å². The third-order valence-electron chi connectivity index (χ3n) is 3.62. The monoisotopic (exact) mass is 336 g/mol. The number of esters is 1. The van der Waals surface area contributed by atoms with Crippen molar-refractivity contribution in [2.45, 2.75) is 24.3 Å². The number of amides is 2. The van der Waals surface area contributed by atoms with E-state index in [1.54, 1.807) is 0 Å². The number of carbonyl (C=O) groups excluding carboxylic acids is 3. The average Bonchev–Trinajstić information content (AvgIpc) is 2.55. The zero-order valence-electron chi connectivity index (χ0n) is 13.2. The van der Waals surface area contributed by atoms with E-state index in [0.717, 1.165) is 10.5 Å². The number of benzene rings is 1. The lowest BCUT2D eigenvalue weighted by atomic mass is 10.1. The summed E-state index contributed by atoms with van der Waals surface area (Å²) in [6, 6.07) is 7.11. The molecule has 0 radical (unpaired) electrons. The number of nitrogens with one attached hydrogen (secondary N) is 1. The quantitative estimate of drug-likeness (QED) is 0.641. The second kappa shape index (κ2) is 8.01. The van der Waals surface area contributed by atoms with Crippen molar-refractivity contribution in [1.82, 2.24) is 10.2 Å². The number of piperazine rings is 1. The summed E-state index contributed by atoms with van der Waals surface area (Å²) in [7, 11) is 1.27. The topological polar surface area (TPSA) is 75.7 Å². The number of nitrogens with zero attached hydrogens (tertiary/aromatic N) is 1. The molecule has 1 fully saturated rings. The second-order valence-corrected chi connectivity index (χ2v) is 6.32. The Kier molecular flexibility index (Phi) is 6.04. The smallest absolute Gasteiger partial charge is 0.308 e. The summed E-state index contributed by atoms with van der Waals surface area (Å²) in [4.78, 5) is 38.3. The van der Waals surface area contributed by atoms with E-state index in [9.17, 15) is 14.4 Å². The standard InChI is InChI=1S/C16H20N2O4S/c1-11-3-5-12(6-4-11)23-10-14(19)18-8-7-17-16(21)13(18)9-15(20)22-2/h3-6,13H,7-10H2,1-2H3,(H,17,21)/t13-/m1/s1. The van der Waals surface area contributed by atoms with Gasteiger partial charge in [-0.3, -0.25) is 14.4 Å². The molecule has 1 aromatic rings. The largest absolute Gasteiger partial charge is 0.469 e. The van der Waals surface area contributed by atoms with Crippen LogP contribution in [-0.2, 0) is 19.1 Å². The fourth-order valence-corrected chi connectivity index (χ4v) is 3.10. The number of hydrogen-bond acceptors (Lipinski definition) is 5. The van der Waals surface area contributed by atoms with Crippen molar-refractivity contribution in [3.63, 3.8) is 0 Å². The molecule has 0 aromatic heterocycles. The number of aryl methyl sites for hydroxylation is 1. The molecule has 0 spiro atoms. The molecule has 7 heteroatoms. The number of rotatable bonds is 5. The molecule has 6 nitrogen and oxygen atoms in total. The summed E-state index contributed by atoms with van der Waals surface area (Å²) >= 11 is 1.42. The van der Waals surface area contributed by atoms with Gasteiger partial charge >= 0.3 is 5.97 Å². The van der Waals surface area contributed by atoms with E-state index in [0.29, 0.717) is 13.1 Å². The number of ether oxygens (including phenoxy) is 1. The lowest BCUT2D eigenvalue weighted by Crippen LogP contribution is -2.58. The molecule has 1 atom stereocenters.